The van der Waals surface area contributed by atoms with E-state index >= 15 is 0 Å². The summed E-state index contributed by atoms with van der Waals surface area (Å²) >= 11 is 0. The van der Waals surface area contributed by atoms with Gasteiger partial charge in [0, 0.05) is 11.6 Å². The summed E-state index contributed by atoms with van der Waals surface area (Å²) in [6.45, 7) is 7.22. The van der Waals surface area contributed by atoms with E-state index in [1.54, 1.807) is 29.2 Å². The summed E-state index contributed by atoms with van der Waals surface area (Å²) < 4.78 is 11.3. The molecule has 6 heteroatoms. The van der Waals surface area contributed by atoms with E-state index in [-0.39, 0.29) is 17.4 Å². The number of benzene rings is 2. The molecule has 2 fully saturated rings. The molecule has 186 valence electrons. The van der Waals surface area contributed by atoms with Gasteiger partial charge in [-0.25, -0.2) is 0 Å². The first kappa shape index (κ1) is 24.8. The second kappa shape index (κ2) is 11.0. The zero-order chi connectivity index (χ0) is 24.9. The predicted octanol–water partition coefficient (Wildman–Crippen LogP) is 5.87. The summed E-state index contributed by atoms with van der Waals surface area (Å²) in [7, 11) is 0. The Morgan fingerprint density at radius 1 is 0.943 bits per heavy atom. The van der Waals surface area contributed by atoms with Crippen LogP contribution in [0.2, 0.25) is 0 Å². The topological polar surface area (TPSA) is 76.1 Å². The van der Waals surface area contributed by atoms with Crippen LogP contribution >= 0.6 is 0 Å². The molecule has 1 unspecified atom stereocenters. The Morgan fingerprint density at radius 2 is 1.54 bits per heavy atom. The number of amides is 1. The number of rotatable bonds is 8. The van der Waals surface area contributed by atoms with Gasteiger partial charge >= 0.3 is 0 Å². The van der Waals surface area contributed by atoms with Crippen LogP contribution in [0.1, 0.15) is 70.0 Å². The summed E-state index contributed by atoms with van der Waals surface area (Å²) in [6, 6.07) is 13.8. The summed E-state index contributed by atoms with van der Waals surface area (Å²) in [5.41, 5.74) is 1.41. The van der Waals surface area contributed by atoms with Crippen LogP contribution < -0.4 is 9.47 Å². The van der Waals surface area contributed by atoms with Gasteiger partial charge in [0.25, 0.3) is 11.7 Å². The second-order valence-corrected chi connectivity index (χ2v) is 9.73. The molecular weight excluding hydrogens is 442 g/mol. The number of ketones is 1. The Labute approximate surface area is 207 Å². The van der Waals surface area contributed by atoms with Crippen molar-refractivity contribution in [2.45, 2.75) is 65.0 Å². The van der Waals surface area contributed by atoms with Gasteiger partial charge in [-0.15, -0.1) is 0 Å². The fourth-order valence-corrected chi connectivity index (χ4v) is 4.95. The molecule has 2 aliphatic rings. The van der Waals surface area contributed by atoms with Crippen LogP contribution in [0.3, 0.4) is 0 Å². The summed E-state index contributed by atoms with van der Waals surface area (Å²) in [4.78, 5) is 28.3. The number of nitrogens with zero attached hydrogens (tertiary/aromatic N) is 1. The van der Waals surface area contributed by atoms with Gasteiger partial charge in [0.1, 0.15) is 17.3 Å². The molecule has 0 bridgehead atoms. The van der Waals surface area contributed by atoms with Gasteiger partial charge in [0.2, 0.25) is 0 Å². The molecule has 1 N–H and O–H groups in total. The maximum atomic E-state index is 13.3. The average Bonchev–Trinajstić information content (AvgIpc) is 3.14. The number of carbonyl (C=O) groups is 2. The molecule has 0 aromatic heterocycles. The molecular formula is C29H35NO5. The highest BCUT2D eigenvalue weighted by Crippen LogP contribution is 2.43. The third-order valence-corrected chi connectivity index (χ3v) is 6.67. The zero-order valence-corrected chi connectivity index (χ0v) is 20.8. The Bertz CT molecular complexity index is 1070. The van der Waals surface area contributed by atoms with Crippen LogP contribution in [0.5, 0.6) is 11.5 Å². The second-order valence-electron chi connectivity index (χ2n) is 9.73. The Hall–Kier alpha value is -3.28. The first-order chi connectivity index (χ1) is 16.9. The van der Waals surface area contributed by atoms with Crippen molar-refractivity contribution in [2.24, 2.45) is 5.92 Å². The van der Waals surface area contributed by atoms with Gasteiger partial charge in [-0.05, 0) is 67.6 Å². The summed E-state index contributed by atoms with van der Waals surface area (Å²) in [5.74, 6) is 0.494. The van der Waals surface area contributed by atoms with Gasteiger partial charge in [0.05, 0.1) is 24.8 Å². The number of aliphatic hydroxyl groups excluding tert-OH is 1. The van der Waals surface area contributed by atoms with Crippen LogP contribution in [0.4, 0.5) is 0 Å². The largest absolute Gasteiger partial charge is 0.507 e. The molecule has 35 heavy (non-hydrogen) atoms. The van der Waals surface area contributed by atoms with E-state index in [1.165, 1.54) is 0 Å². The van der Waals surface area contributed by atoms with Crippen molar-refractivity contribution >= 4 is 17.4 Å². The van der Waals surface area contributed by atoms with E-state index in [1.807, 2.05) is 31.2 Å². The van der Waals surface area contributed by atoms with Crippen LogP contribution in [0, 0.1) is 5.92 Å². The van der Waals surface area contributed by atoms with Gasteiger partial charge in [-0.3, -0.25) is 9.59 Å². The minimum absolute atomic E-state index is 0.0196. The van der Waals surface area contributed by atoms with E-state index < -0.39 is 17.7 Å². The zero-order valence-electron chi connectivity index (χ0n) is 20.8. The van der Waals surface area contributed by atoms with E-state index in [2.05, 4.69) is 13.8 Å². The van der Waals surface area contributed by atoms with Crippen molar-refractivity contribution in [1.29, 1.82) is 0 Å². The van der Waals surface area contributed by atoms with Crippen molar-refractivity contribution in [2.75, 3.05) is 13.2 Å². The third-order valence-electron chi connectivity index (χ3n) is 6.67. The summed E-state index contributed by atoms with van der Waals surface area (Å²) in [6.07, 6.45) is 4.92. The Morgan fingerprint density at radius 3 is 2.14 bits per heavy atom. The lowest BCUT2D eigenvalue weighted by Crippen LogP contribution is -2.40. The SMILES string of the molecule is CCOc1ccc(C2/C(=C(/O)c3ccc(OCC(C)C)cc3)C(=O)C(=O)N2C2CCCCC2)cc1. The van der Waals surface area contributed by atoms with Crippen LogP contribution in [0.25, 0.3) is 5.76 Å². The number of hydrogen-bond donors (Lipinski definition) is 1. The molecule has 1 amide bonds. The highest BCUT2D eigenvalue weighted by Gasteiger charge is 2.48. The number of hydrogen-bond acceptors (Lipinski definition) is 5. The Kier molecular flexibility index (Phi) is 7.79. The van der Waals surface area contributed by atoms with Crippen molar-refractivity contribution in [3.8, 4) is 11.5 Å². The lowest BCUT2D eigenvalue weighted by atomic mass is 9.91. The summed E-state index contributed by atoms with van der Waals surface area (Å²) in [5, 5.41) is 11.3. The molecule has 2 aromatic carbocycles. The maximum absolute atomic E-state index is 13.3. The molecule has 1 heterocycles. The maximum Gasteiger partial charge on any atom is 0.295 e. The molecule has 1 aliphatic carbocycles. The minimum Gasteiger partial charge on any atom is -0.507 e. The molecule has 2 aromatic rings. The molecule has 1 saturated heterocycles. The lowest BCUT2D eigenvalue weighted by molar-refractivity contribution is -0.141. The minimum atomic E-state index is -0.634. The van der Waals surface area contributed by atoms with E-state index in [9.17, 15) is 14.7 Å². The van der Waals surface area contributed by atoms with Crippen LogP contribution in [-0.4, -0.2) is 41.0 Å². The third kappa shape index (κ3) is 5.37. The molecule has 1 atom stereocenters. The highest BCUT2D eigenvalue weighted by atomic mass is 16.5. The molecule has 0 spiro atoms. The number of likely N-dealkylation sites (tertiary alicyclic amines) is 1. The van der Waals surface area contributed by atoms with Crippen LogP contribution in [-0.2, 0) is 9.59 Å². The van der Waals surface area contributed by atoms with Crippen LogP contribution in [0.15, 0.2) is 54.1 Å². The smallest absolute Gasteiger partial charge is 0.295 e. The number of Topliss-reactive ketones (excluding diaryl/α,β-unsaturated/α-hetero) is 1. The first-order valence-corrected chi connectivity index (χ1v) is 12.7. The van der Waals surface area contributed by atoms with Gasteiger partial charge in [0.15, 0.2) is 0 Å². The van der Waals surface area contributed by atoms with Gasteiger partial charge in [-0.2, -0.15) is 0 Å². The predicted molar refractivity (Wildman–Crippen MR) is 135 cm³/mol. The molecule has 1 aliphatic heterocycles. The monoisotopic (exact) mass is 477 g/mol. The number of aliphatic hydroxyl groups is 1. The van der Waals surface area contributed by atoms with E-state index in [0.29, 0.717) is 30.4 Å². The molecule has 1 saturated carbocycles. The van der Waals surface area contributed by atoms with E-state index in [4.69, 9.17) is 9.47 Å². The quantitative estimate of drug-likeness (QED) is 0.292. The van der Waals surface area contributed by atoms with Gasteiger partial charge < -0.3 is 19.5 Å². The normalized spacial score (nSPS) is 20.5. The van der Waals surface area contributed by atoms with Crippen molar-refractivity contribution in [3.05, 3.63) is 65.2 Å². The number of carbonyl (C=O) groups excluding carboxylic acids is 2. The fourth-order valence-electron chi connectivity index (χ4n) is 4.95. The van der Waals surface area contributed by atoms with Crippen molar-refractivity contribution in [1.82, 2.24) is 4.90 Å². The standard InChI is InChI=1S/C29H35NO5/c1-4-34-23-14-10-20(11-15-23)26-25(28(32)29(33)30(26)22-8-6-5-7-9-22)27(31)21-12-16-24(17-13-21)35-18-19(2)3/h10-17,19,22,26,31H,4-9,18H2,1-3H3/b27-25-. The van der Waals surface area contributed by atoms with E-state index in [0.717, 1.165) is 43.4 Å². The molecule has 4 rings (SSSR count). The fraction of sp³-hybridized carbons (Fsp3) is 0.448. The average molecular weight is 478 g/mol. The number of ether oxygens (including phenoxy) is 2. The Balaban J connectivity index is 1.74. The molecule has 0 radical (unpaired) electrons. The van der Waals surface area contributed by atoms with Crippen molar-refractivity contribution < 1.29 is 24.2 Å². The lowest BCUT2D eigenvalue weighted by Gasteiger charge is -2.35. The van der Waals surface area contributed by atoms with Gasteiger partial charge in [-0.1, -0.05) is 45.2 Å². The highest BCUT2D eigenvalue weighted by molar-refractivity contribution is 6.46. The van der Waals surface area contributed by atoms with Crippen molar-refractivity contribution in [3.63, 3.8) is 0 Å². The first-order valence-electron chi connectivity index (χ1n) is 12.7. The molecule has 6 nitrogen and oxygen atoms in total.